The van der Waals surface area contributed by atoms with Crippen LogP contribution in [0.1, 0.15) is 22.3 Å². The second-order valence-electron chi connectivity index (χ2n) is 25.2. The summed E-state index contributed by atoms with van der Waals surface area (Å²) < 4.78 is 6.65. The molecule has 2 aliphatic carbocycles. The van der Waals surface area contributed by atoms with Crippen LogP contribution in [0.25, 0.3) is 121 Å². The van der Waals surface area contributed by atoms with Crippen LogP contribution in [-0.4, -0.2) is 0 Å². The number of furan rings is 1. The first-order valence-corrected chi connectivity index (χ1v) is 33.7. The molecule has 95 heavy (non-hydrogen) atoms. The molecule has 0 saturated carbocycles. The summed E-state index contributed by atoms with van der Waals surface area (Å²) in [7, 11) is 0.598. The van der Waals surface area contributed by atoms with E-state index in [0.29, 0.717) is 8.19 Å². The number of anilines is 6. The molecule has 0 bridgehead atoms. The third-order valence-corrected chi connectivity index (χ3v) is 21.5. The van der Waals surface area contributed by atoms with Crippen molar-refractivity contribution in [2.45, 2.75) is 5.41 Å². The minimum absolute atomic E-state index is 0.521. The lowest BCUT2D eigenvalue weighted by Crippen LogP contribution is -2.25. The van der Waals surface area contributed by atoms with Crippen LogP contribution in [0.5, 0.6) is 0 Å². The van der Waals surface area contributed by atoms with Crippen molar-refractivity contribution in [1.29, 1.82) is 0 Å². The van der Waals surface area contributed by atoms with Gasteiger partial charge in [0, 0.05) is 55.6 Å². The number of hydrogen-bond acceptors (Lipinski definition) is 3. The molecular formula is C91H59N2OP. The molecule has 2 aliphatic rings. The predicted molar refractivity (Wildman–Crippen MR) is 401 cm³/mol. The second-order valence-corrected chi connectivity index (χ2v) is 26.4. The maximum absolute atomic E-state index is 6.65. The highest BCUT2D eigenvalue weighted by molar-refractivity contribution is 7.44. The molecule has 0 radical (unpaired) electrons. The Hall–Kier alpha value is -12.0. The van der Waals surface area contributed by atoms with Crippen LogP contribution >= 0.6 is 8.19 Å². The van der Waals surface area contributed by atoms with Crippen molar-refractivity contribution in [2.24, 2.45) is 0 Å². The van der Waals surface area contributed by atoms with E-state index in [4.69, 9.17) is 4.42 Å². The van der Waals surface area contributed by atoms with Crippen LogP contribution in [0.3, 0.4) is 0 Å². The van der Waals surface area contributed by atoms with Gasteiger partial charge in [-0.05, 0) is 189 Å². The summed E-state index contributed by atoms with van der Waals surface area (Å²) in [6.45, 7) is 0. The normalized spacial score (nSPS) is 12.6. The number of para-hydroxylation sites is 2. The van der Waals surface area contributed by atoms with E-state index in [1.807, 2.05) is 6.07 Å². The van der Waals surface area contributed by atoms with Gasteiger partial charge in [-0.15, -0.1) is 8.19 Å². The van der Waals surface area contributed by atoms with Crippen LogP contribution < -0.4 is 9.80 Å². The highest BCUT2D eigenvalue weighted by Gasteiger charge is 2.51. The van der Waals surface area contributed by atoms with Crippen molar-refractivity contribution >= 4 is 85.3 Å². The van der Waals surface area contributed by atoms with Gasteiger partial charge in [0.25, 0.3) is 0 Å². The molecule has 3 nitrogen and oxygen atoms in total. The molecular weight excluding hydrogens is 1170 g/mol. The average molecular weight is 1230 g/mol. The third kappa shape index (κ3) is 8.81. The summed E-state index contributed by atoms with van der Waals surface area (Å²) in [4.78, 5) is 4.90. The Kier molecular flexibility index (Phi) is 12.7. The summed E-state index contributed by atoms with van der Waals surface area (Å²) in [5, 5.41) is 7.73. The fourth-order valence-electron chi connectivity index (χ4n) is 15.7. The van der Waals surface area contributed by atoms with Gasteiger partial charge >= 0.3 is 0 Å². The van der Waals surface area contributed by atoms with Gasteiger partial charge in [-0.2, -0.15) is 0 Å². The summed E-state index contributed by atoms with van der Waals surface area (Å²) >= 11 is 0. The number of rotatable bonds is 11. The Bertz CT molecular complexity index is 5500. The number of hydrogen-bond donors (Lipinski definition) is 0. The first-order chi connectivity index (χ1) is 47.1. The Morgan fingerprint density at radius 1 is 0.232 bits per heavy atom. The van der Waals surface area contributed by atoms with E-state index in [9.17, 15) is 0 Å². The third-order valence-electron chi connectivity index (χ3n) is 20.0. The lowest BCUT2D eigenvalue weighted by atomic mass is 9.70. The van der Waals surface area contributed by atoms with E-state index < -0.39 is 5.41 Å². The molecule has 17 aromatic rings. The van der Waals surface area contributed by atoms with Gasteiger partial charge in [-0.3, -0.25) is 0 Å². The second kappa shape index (κ2) is 22.1. The molecule has 2 heterocycles. The van der Waals surface area contributed by atoms with Crippen molar-refractivity contribution in [3.63, 3.8) is 0 Å². The quantitative estimate of drug-likeness (QED) is 0.129. The highest BCUT2D eigenvalue weighted by atomic mass is 31.0. The van der Waals surface area contributed by atoms with E-state index in [1.54, 1.807) is 0 Å². The molecule has 1 atom stereocenters. The fraction of sp³-hybridized carbons (Fsp3) is 0.0110. The van der Waals surface area contributed by atoms with Crippen molar-refractivity contribution < 1.29 is 4.42 Å². The van der Waals surface area contributed by atoms with E-state index in [0.717, 1.165) is 89.4 Å². The average Bonchev–Trinajstić information content (AvgIpc) is 1.51. The topological polar surface area (TPSA) is 19.6 Å². The van der Waals surface area contributed by atoms with E-state index in [2.05, 4.69) is 356 Å². The van der Waals surface area contributed by atoms with Crippen molar-refractivity contribution in [3.8, 4) is 77.9 Å². The number of benzene rings is 15. The minimum Gasteiger partial charge on any atom is -0.455 e. The monoisotopic (exact) mass is 1230 g/mol. The van der Waals surface area contributed by atoms with Crippen LogP contribution in [-0.2, 0) is 5.41 Å². The van der Waals surface area contributed by atoms with Gasteiger partial charge in [0.1, 0.15) is 11.2 Å². The van der Waals surface area contributed by atoms with Gasteiger partial charge in [0.15, 0.2) is 0 Å². The van der Waals surface area contributed by atoms with Crippen LogP contribution in [0.4, 0.5) is 34.1 Å². The molecule has 0 N–H and O–H groups in total. The van der Waals surface area contributed by atoms with Gasteiger partial charge in [0.05, 0.1) is 5.41 Å². The molecule has 4 heteroatoms. The lowest BCUT2D eigenvalue weighted by Gasteiger charge is -2.31. The molecule has 0 amide bonds. The van der Waals surface area contributed by atoms with Crippen LogP contribution in [0.2, 0.25) is 0 Å². The van der Waals surface area contributed by atoms with Crippen molar-refractivity contribution in [2.75, 3.05) is 9.80 Å². The van der Waals surface area contributed by atoms with E-state index in [1.165, 1.54) is 87.8 Å². The van der Waals surface area contributed by atoms with Crippen LogP contribution in [0.15, 0.2) is 356 Å². The van der Waals surface area contributed by atoms with Crippen molar-refractivity contribution in [3.05, 3.63) is 374 Å². The minimum atomic E-state index is -0.521. The molecule has 0 aliphatic heterocycles. The van der Waals surface area contributed by atoms with E-state index in [-0.39, 0.29) is 0 Å². The van der Waals surface area contributed by atoms with Crippen LogP contribution in [0, 0.1) is 0 Å². The van der Waals surface area contributed by atoms with Gasteiger partial charge in [-0.1, -0.05) is 273 Å². The maximum Gasteiger partial charge on any atom is 0.143 e. The standard InChI is InChI=1S/C91H59N2OP/c1-3-19-59(20-4-1)61-37-46-67(47-38-61)92(69-50-41-63(42-51-69)73-28-17-30-81-79-26-10-15-35-87(79)94-89(73)81)71-55-66(65-45-54-78-77-25-9-14-34-85(77)91(86(78)57-65)83-32-12-7-23-75(83)76-24-8-13-33-84(76)91)56-72(58-71)93(68-48-39-62(40-49-68)60-21-5-2-6-22-60)70-52-43-64(44-53-70)74-29-18-31-82-80-27-11-16-36-88(80)95-90(74)82/h1-58,95H. The summed E-state index contributed by atoms with van der Waals surface area (Å²) in [5.41, 5.74) is 29.3. The Morgan fingerprint density at radius 2 is 0.632 bits per heavy atom. The number of fused-ring (bicyclic) bond motifs is 16. The lowest BCUT2D eigenvalue weighted by molar-refractivity contribution is 0.670. The predicted octanol–water partition coefficient (Wildman–Crippen LogP) is 25.5. The molecule has 1 spiro atoms. The summed E-state index contributed by atoms with van der Waals surface area (Å²) in [5.74, 6) is 0. The SMILES string of the molecule is c1ccc(-c2ccc(N(c3ccc(-c4cccc5c4oc4ccccc45)cc3)c3cc(-c4ccc5c(c4)C4(c6ccccc6-c6ccccc64)c4ccccc4-5)cc(N(c4ccc(-c5ccccc5)cc4)c4ccc(-c5cccc6c5[pH]c5ccccc56)cc4)c3)cc2)cc1. The zero-order valence-corrected chi connectivity index (χ0v) is 52.8. The van der Waals surface area contributed by atoms with Gasteiger partial charge in [-0.25, -0.2) is 0 Å². The molecule has 15 aromatic carbocycles. The Labute approximate surface area is 553 Å². The summed E-state index contributed by atoms with van der Waals surface area (Å²) in [6.07, 6.45) is 0. The first-order valence-electron chi connectivity index (χ1n) is 32.7. The molecule has 444 valence electrons. The van der Waals surface area contributed by atoms with Crippen molar-refractivity contribution in [1.82, 2.24) is 0 Å². The first kappa shape index (κ1) is 54.7. The molecule has 0 fully saturated rings. The molecule has 2 aromatic heterocycles. The smallest absolute Gasteiger partial charge is 0.143 e. The molecule has 0 saturated heterocycles. The maximum atomic E-state index is 6.65. The number of nitrogens with zero attached hydrogens (tertiary/aromatic N) is 2. The zero-order chi connectivity index (χ0) is 62.6. The van der Waals surface area contributed by atoms with Gasteiger partial charge < -0.3 is 14.2 Å². The molecule has 1 unspecified atom stereocenters. The fourth-order valence-corrected chi connectivity index (χ4v) is 17.2. The Balaban J connectivity index is 0.840. The summed E-state index contributed by atoms with van der Waals surface area (Å²) in [6, 6.07) is 130. The zero-order valence-electron chi connectivity index (χ0n) is 51.8. The largest absolute Gasteiger partial charge is 0.455 e. The highest BCUT2D eigenvalue weighted by Crippen LogP contribution is 2.63. The van der Waals surface area contributed by atoms with Gasteiger partial charge in [0.2, 0.25) is 0 Å². The molecule has 19 rings (SSSR count). The van der Waals surface area contributed by atoms with E-state index >= 15 is 0 Å². The Morgan fingerprint density at radius 3 is 1.19 bits per heavy atom.